The molecule has 3 N–H and O–H groups in total. The highest BCUT2D eigenvalue weighted by Gasteiger charge is 2.37. The van der Waals surface area contributed by atoms with Crippen LogP contribution in [-0.4, -0.2) is 24.8 Å². The van der Waals surface area contributed by atoms with Gasteiger partial charge in [0.2, 0.25) is 0 Å². The van der Waals surface area contributed by atoms with Crippen LogP contribution in [0.2, 0.25) is 5.02 Å². The second-order valence-corrected chi connectivity index (χ2v) is 6.77. The molecule has 3 atom stereocenters. The summed E-state index contributed by atoms with van der Waals surface area (Å²) in [6, 6.07) is 14.8. The number of amides is 1. The van der Waals surface area contributed by atoms with Gasteiger partial charge in [0, 0.05) is 16.5 Å². The molecule has 6 nitrogen and oxygen atoms in total. The van der Waals surface area contributed by atoms with Gasteiger partial charge in [-0.15, -0.1) is 0 Å². The van der Waals surface area contributed by atoms with Gasteiger partial charge in [-0.05, 0) is 30.7 Å². The van der Waals surface area contributed by atoms with Crippen molar-refractivity contribution in [1.29, 1.82) is 0 Å². The Hall–Kier alpha value is -2.41. The Balaban J connectivity index is 1.59. The zero-order valence-electron chi connectivity index (χ0n) is 15.3. The average molecular weight is 387 g/mol. The predicted octanol–water partition coefficient (Wildman–Crippen LogP) is 3.04. The number of hydrazone groups is 1. The highest BCUT2D eigenvalue weighted by Crippen LogP contribution is 2.29. The molecule has 0 aromatic heterocycles. The van der Waals surface area contributed by atoms with Crippen molar-refractivity contribution in [2.45, 2.75) is 25.9 Å². The van der Waals surface area contributed by atoms with Crippen LogP contribution in [0.15, 0.2) is 53.6 Å². The fraction of sp³-hybridized carbons (Fsp3) is 0.300. The highest BCUT2D eigenvalue weighted by atomic mass is 35.5. The van der Waals surface area contributed by atoms with E-state index in [1.807, 2.05) is 56.3 Å². The van der Waals surface area contributed by atoms with E-state index in [1.165, 1.54) is 6.21 Å². The molecule has 27 heavy (non-hydrogen) atoms. The van der Waals surface area contributed by atoms with Crippen LogP contribution in [0.25, 0.3) is 0 Å². The fourth-order valence-electron chi connectivity index (χ4n) is 3.08. The van der Waals surface area contributed by atoms with Crippen LogP contribution in [0.5, 0.6) is 5.75 Å². The second-order valence-electron chi connectivity index (χ2n) is 6.36. The molecule has 1 saturated heterocycles. The molecule has 3 unspecified atom stereocenters. The van der Waals surface area contributed by atoms with Crippen molar-refractivity contribution in [3.63, 3.8) is 0 Å². The number of rotatable bonds is 6. The van der Waals surface area contributed by atoms with E-state index in [1.54, 1.807) is 6.07 Å². The second kappa shape index (κ2) is 8.99. The van der Waals surface area contributed by atoms with Crippen LogP contribution in [0.1, 0.15) is 31.0 Å². The van der Waals surface area contributed by atoms with E-state index in [0.29, 0.717) is 11.6 Å². The summed E-state index contributed by atoms with van der Waals surface area (Å²) in [5, 5.41) is 4.60. The summed E-state index contributed by atoms with van der Waals surface area (Å²) in [6.45, 7) is 4.61. The molecule has 1 aliphatic heterocycles. The minimum absolute atomic E-state index is 0.0176. The van der Waals surface area contributed by atoms with E-state index in [9.17, 15) is 4.79 Å². The molecule has 0 saturated carbocycles. The van der Waals surface area contributed by atoms with Crippen molar-refractivity contribution < 1.29 is 9.53 Å². The Morgan fingerprint density at radius 1 is 1.22 bits per heavy atom. The number of hydrogen-bond donors (Lipinski definition) is 3. The van der Waals surface area contributed by atoms with Crippen LogP contribution >= 0.6 is 11.6 Å². The lowest BCUT2D eigenvalue weighted by Crippen LogP contribution is -2.43. The van der Waals surface area contributed by atoms with Gasteiger partial charge >= 0.3 is 0 Å². The number of nitrogens with one attached hydrogen (secondary N) is 3. The minimum atomic E-state index is -0.398. The largest absolute Gasteiger partial charge is 0.494 e. The number of halogens is 1. The normalized spacial score (nSPS) is 22.1. The summed E-state index contributed by atoms with van der Waals surface area (Å²) in [5.41, 5.74) is 10.7. The quantitative estimate of drug-likeness (QED) is 0.527. The van der Waals surface area contributed by atoms with Crippen molar-refractivity contribution in [2.24, 2.45) is 11.0 Å². The highest BCUT2D eigenvalue weighted by molar-refractivity contribution is 6.33. The van der Waals surface area contributed by atoms with Gasteiger partial charge in [0.05, 0.1) is 18.9 Å². The van der Waals surface area contributed by atoms with Gasteiger partial charge in [0.25, 0.3) is 5.91 Å². The van der Waals surface area contributed by atoms with Crippen molar-refractivity contribution in [1.82, 2.24) is 16.3 Å². The third-order valence-electron chi connectivity index (χ3n) is 4.56. The first-order chi connectivity index (χ1) is 13.1. The molecule has 2 aromatic carbocycles. The molecule has 142 valence electrons. The molecule has 0 bridgehead atoms. The Morgan fingerprint density at radius 2 is 1.96 bits per heavy atom. The molecule has 0 aliphatic carbocycles. The zero-order valence-corrected chi connectivity index (χ0v) is 16.0. The van der Waals surface area contributed by atoms with Crippen LogP contribution in [0.4, 0.5) is 0 Å². The maximum Gasteiger partial charge on any atom is 0.258 e. The number of hydrazine groups is 1. The summed E-state index contributed by atoms with van der Waals surface area (Å²) in [5.74, 6) is 0.674. The first-order valence-corrected chi connectivity index (χ1v) is 9.29. The first-order valence-electron chi connectivity index (χ1n) is 8.91. The number of benzene rings is 2. The molecule has 2 aromatic rings. The fourth-order valence-corrected chi connectivity index (χ4v) is 3.26. The van der Waals surface area contributed by atoms with E-state index >= 15 is 0 Å². The molecule has 1 aliphatic rings. The van der Waals surface area contributed by atoms with Gasteiger partial charge in [-0.25, -0.2) is 16.3 Å². The van der Waals surface area contributed by atoms with E-state index in [4.69, 9.17) is 16.3 Å². The number of hydrogen-bond acceptors (Lipinski definition) is 5. The maximum atomic E-state index is 12.5. The summed E-state index contributed by atoms with van der Waals surface area (Å²) in [4.78, 5) is 12.5. The SMILES string of the molecule is CCOc1ccc(C2NNC(C(=O)N/N=C/c3ccccc3Cl)C2C)cc1. The Bertz CT molecular complexity index is 810. The summed E-state index contributed by atoms with van der Waals surface area (Å²) < 4.78 is 5.47. The third-order valence-corrected chi connectivity index (χ3v) is 4.91. The van der Waals surface area contributed by atoms with Crippen LogP contribution in [0, 0.1) is 5.92 Å². The van der Waals surface area contributed by atoms with Gasteiger partial charge in [-0.3, -0.25) is 4.79 Å². The van der Waals surface area contributed by atoms with Crippen molar-refractivity contribution in [3.05, 3.63) is 64.7 Å². The van der Waals surface area contributed by atoms with E-state index < -0.39 is 6.04 Å². The molecule has 3 rings (SSSR count). The topological polar surface area (TPSA) is 74.8 Å². The van der Waals surface area contributed by atoms with Gasteiger partial charge < -0.3 is 4.74 Å². The van der Waals surface area contributed by atoms with E-state index in [-0.39, 0.29) is 17.9 Å². The molecule has 1 fully saturated rings. The Labute approximate surface area is 163 Å². The van der Waals surface area contributed by atoms with Crippen molar-refractivity contribution >= 4 is 23.7 Å². The van der Waals surface area contributed by atoms with Crippen LogP contribution in [-0.2, 0) is 4.79 Å². The lowest BCUT2D eigenvalue weighted by atomic mass is 9.91. The number of carbonyl (C=O) groups excluding carboxylic acids is 1. The molecule has 1 amide bonds. The van der Waals surface area contributed by atoms with Gasteiger partial charge in [-0.1, -0.05) is 48.9 Å². The third kappa shape index (κ3) is 4.66. The predicted molar refractivity (Wildman–Crippen MR) is 107 cm³/mol. The van der Waals surface area contributed by atoms with Gasteiger partial charge in [0.1, 0.15) is 11.8 Å². The summed E-state index contributed by atoms with van der Waals surface area (Å²) in [6.07, 6.45) is 1.54. The van der Waals surface area contributed by atoms with E-state index in [2.05, 4.69) is 21.4 Å². The lowest BCUT2D eigenvalue weighted by Gasteiger charge is -2.18. The summed E-state index contributed by atoms with van der Waals surface area (Å²) in [7, 11) is 0. The smallest absolute Gasteiger partial charge is 0.258 e. The zero-order chi connectivity index (χ0) is 19.2. The molecule has 0 radical (unpaired) electrons. The Morgan fingerprint density at radius 3 is 2.67 bits per heavy atom. The standard InChI is InChI=1S/C20H23ClN4O2/c1-3-27-16-10-8-14(9-11-16)18-13(2)19(24-23-18)20(26)25-22-12-15-6-4-5-7-17(15)21/h4-13,18-19,23-24H,3H2,1-2H3,(H,25,26)/b22-12+. The van der Waals surface area contributed by atoms with Crippen molar-refractivity contribution in [3.8, 4) is 5.75 Å². The van der Waals surface area contributed by atoms with Crippen LogP contribution in [0.3, 0.4) is 0 Å². The van der Waals surface area contributed by atoms with Gasteiger partial charge in [0.15, 0.2) is 0 Å². The average Bonchev–Trinajstić information content (AvgIpc) is 3.06. The Kier molecular flexibility index (Phi) is 6.45. The number of nitrogens with zero attached hydrogens (tertiary/aromatic N) is 1. The van der Waals surface area contributed by atoms with Gasteiger partial charge in [-0.2, -0.15) is 5.10 Å². The minimum Gasteiger partial charge on any atom is -0.494 e. The van der Waals surface area contributed by atoms with Crippen molar-refractivity contribution in [2.75, 3.05) is 6.61 Å². The molecular weight excluding hydrogens is 364 g/mol. The molecule has 1 heterocycles. The number of ether oxygens (including phenoxy) is 1. The van der Waals surface area contributed by atoms with E-state index in [0.717, 1.165) is 16.9 Å². The van der Waals surface area contributed by atoms with Crippen LogP contribution < -0.4 is 21.0 Å². The maximum absolute atomic E-state index is 12.5. The first kappa shape index (κ1) is 19.4. The molecule has 7 heteroatoms. The summed E-state index contributed by atoms with van der Waals surface area (Å²) >= 11 is 6.07. The number of carbonyl (C=O) groups is 1. The molecule has 0 spiro atoms. The monoisotopic (exact) mass is 386 g/mol. The lowest BCUT2D eigenvalue weighted by molar-refractivity contribution is -0.123. The molecular formula is C20H23ClN4O2.